The molecule has 1 amide bonds. The molecule has 0 saturated carbocycles. The Bertz CT molecular complexity index is 922. The summed E-state index contributed by atoms with van der Waals surface area (Å²) in [5.41, 5.74) is 3.00. The van der Waals surface area contributed by atoms with E-state index in [1.807, 2.05) is 30.3 Å². The lowest BCUT2D eigenvalue weighted by molar-refractivity contribution is -0.176. The van der Waals surface area contributed by atoms with Gasteiger partial charge >= 0.3 is 6.18 Å². The zero-order valence-electron chi connectivity index (χ0n) is 15.5. The first-order valence-corrected chi connectivity index (χ1v) is 8.96. The Kier molecular flexibility index (Phi) is 6.66. The Labute approximate surface area is 166 Å². The first-order chi connectivity index (χ1) is 13.9. The zero-order valence-corrected chi connectivity index (χ0v) is 15.5. The number of amides is 1. The van der Waals surface area contributed by atoms with Gasteiger partial charge in [0.25, 0.3) is 5.91 Å². The van der Waals surface area contributed by atoms with Crippen LogP contribution >= 0.6 is 0 Å². The van der Waals surface area contributed by atoms with E-state index in [-0.39, 0.29) is 12.5 Å². The van der Waals surface area contributed by atoms with Crippen molar-refractivity contribution in [1.82, 2.24) is 15.1 Å². The number of nitrogens with one attached hydrogen (secondary N) is 1. The third-order valence-corrected chi connectivity index (χ3v) is 4.09. The van der Waals surface area contributed by atoms with Crippen molar-refractivity contribution in [2.75, 3.05) is 6.61 Å². The van der Waals surface area contributed by atoms with E-state index in [2.05, 4.69) is 15.2 Å². The summed E-state index contributed by atoms with van der Waals surface area (Å²) in [6, 6.07) is 16.6. The molecule has 8 heteroatoms. The normalized spacial score (nSPS) is 11.4. The Morgan fingerprint density at radius 2 is 1.69 bits per heavy atom. The largest absolute Gasteiger partial charge is 0.411 e. The molecule has 0 unspecified atom stereocenters. The smallest absolute Gasteiger partial charge is 0.367 e. The van der Waals surface area contributed by atoms with Crippen LogP contribution in [0.2, 0.25) is 0 Å². The molecule has 0 atom stereocenters. The number of ether oxygens (including phenoxy) is 1. The van der Waals surface area contributed by atoms with Gasteiger partial charge in [-0.25, -0.2) is 0 Å². The summed E-state index contributed by atoms with van der Waals surface area (Å²) >= 11 is 0. The fourth-order valence-corrected chi connectivity index (χ4v) is 2.66. The van der Waals surface area contributed by atoms with Crippen molar-refractivity contribution in [2.24, 2.45) is 0 Å². The molecule has 0 radical (unpaired) electrons. The van der Waals surface area contributed by atoms with Gasteiger partial charge in [0.1, 0.15) is 6.61 Å². The van der Waals surface area contributed by atoms with Gasteiger partial charge in [0.05, 0.1) is 24.9 Å². The SMILES string of the molecule is O=C(NCc1ccc(COCC(F)(F)F)cc1)c1cnn(Cc2ccccc2)c1. The van der Waals surface area contributed by atoms with Gasteiger partial charge in [-0.3, -0.25) is 9.48 Å². The highest BCUT2D eigenvalue weighted by atomic mass is 19.4. The van der Waals surface area contributed by atoms with E-state index in [1.165, 1.54) is 6.20 Å². The average molecular weight is 403 g/mol. The van der Waals surface area contributed by atoms with Gasteiger partial charge in [-0.15, -0.1) is 0 Å². The molecule has 1 N–H and O–H groups in total. The van der Waals surface area contributed by atoms with E-state index in [1.54, 1.807) is 35.1 Å². The van der Waals surface area contributed by atoms with E-state index in [0.717, 1.165) is 11.1 Å². The number of halogens is 3. The Morgan fingerprint density at radius 3 is 2.38 bits per heavy atom. The fourth-order valence-electron chi connectivity index (χ4n) is 2.66. The molecule has 152 valence electrons. The number of hydrogen-bond donors (Lipinski definition) is 1. The number of rotatable bonds is 8. The van der Waals surface area contributed by atoms with Crippen molar-refractivity contribution >= 4 is 5.91 Å². The number of carbonyl (C=O) groups is 1. The van der Waals surface area contributed by atoms with Crippen LogP contribution in [0.25, 0.3) is 0 Å². The summed E-state index contributed by atoms with van der Waals surface area (Å²) in [7, 11) is 0. The second kappa shape index (κ2) is 9.38. The van der Waals surface area contributed by atoms with Crippen LogP contribution in [0.4, 0.5) is 13.2 Å². The second-order valence-electron chi connectivity index (χ2n) is 6.52. The van der Waals surface area contributed by atoms with Crippen molar-refractivity contribution in [3.8, 4) is 0 Å². The molecule has 2 aromatic carbocycles. The predicted octanol–water partition coefficient (Wildman–Crippen LogP) is 3.94. The van der Waals surface area contributed by atoms with Crippen molar-refractivity contribution in [2.45, 2.75) is 25.9 Å². The number of carbonyl (C=O) groups excluding carboxylic acids is 1. The first kappa shape index (κ1) is 20.6. The van der Waals surface area contributed by atoms with Crippen LogP contribution in [0, 0.1) is 0 Å². The van der Waals surface area contributed by atoms with E-state index in [9.17, 15) is 18.0 Å². The van der Waals surface area contributed by atoms with Crippen molar-refractivity contribution in [1.29, 1.82) is 0 Å². The van der Waals surface area contributed by atoms with Crippen LogP contribution in [-0.4, -0.2) is 28.5 Å². The van der Waals surface area contributed by atoms with Gasteiger partial charge in [0, 0.05) is 12.7 Å². The summed E-state index contributed by atoms with van der Waals surface area (Å²) in [5, 5.41) is 7.01. The first-order valence-electron chi connectivity index (χ1n) is 8.96. The summed E-state index contributed by atoms with van der Waals surface area (Å²) < 4.78 is 42.5. The molecule has 0 aliphatic rings. The molecular formula is C21H20F3N3O2. The standard InChI is InChI=1S/C21H20F3N3O2/c22-21(23,24)15-29-14-18-8-6-16(7-9-18)10-25-20(28)19-11-26-27(13-19)12-17-4-2-1-3-5-17/h1-9,11,13H,10,12,14-15H2,(H,25,28). The predicted molar refractivity (Wildman–Crippen MR) is 101 cm³/mol. The lowest BCUT2D eigenvalue weighted by atomic mass is 10.1. The minimum absolute atomic E-state index is 0.118. The lowest BCUT2D eigenvalue weighted by Gasteiger charge is -2.08. The molecular weight excluding hydrogens is 383 g/mol. The summed E-state index contributed by atoms with van der Waals surface area (Å²) in [4.78, 5) is 12.3. The Balaban J connectivity index is 1.47. The van der Waals surface area contributed by atoms with E-state index in [0.29, 0.717) is 24.2 Å². The minimum atomic E-state index is -4.33. The van der Waals surface area contributed by atoms with Crippen LogP contribution in [0.15, 0.2) is 67.0 Å². The zero-order chi connectivity index (χ0) is 20.7. The van der Waals surface area contributed by atoms with E-state index < -0.39 is 12.8 Å². The molecule has 0 bridgehead atoms. The van der Waals surface area contributed by atoms with Crippen LogP contribution in [0.3, 0.4) is 0 Å². The van der Waals surface area contributed by atoms with Gasteiger partial charge in [-0.1, -0.05) is 54.6 Å². The molecule has 0 spiro atoms. The molecule has 0 aliphatic carbocycles. The van der Waals surface area contributed by atoms with Crippen LogP contribution in [0.5, 0.6) is 0 Å². The van der Waals surface area contributed by atoms with Crippen LogP contribution in [-0.2, 0) is 24.4 Å². The maximum Gasteiger partial charge on any atom is 0.411 e. The molecule has 1 heterocycles. The summed E-state index contributed by atoms with van der Waals surface area (Å²) in [6.45, 7) is -0.520. The van der Waals surface area contributed by atoms with Crippen molar-refractivity contribution in [3.05, 3.63) is 89.2 Å². The van der Waals surface area contributed by atoms with Gasteiger partial charge in [-0.05, 0) is 16.7 Å². The monoisotopic (exact) mass is 403 g/mol. The second-order valence-corrected chi connectivity index (χ2v) is 6.52. The van der Waals surface area contributed by atoms with Gasteiger partial charge in [-0.2, -0.15) is 18.3 Å². The van der Waals surface area contributed by atoms with E-state index >= 15 is 0 Å². The highest BCUT2D eigenvalue weighted by Gasteiger charge is 2.27. The number of alkyl halides is 3. The quantitative estimate of drug-likeness (QED) is 0.620. The average Bonchev–Trinajstić information content (AvgIpc) is 3.15. The Hall–Kier alpha value is -3.13. The van der Waals surface area contributed by atoms with Gasteiger partial charge in [0.15, 0.2) is 0 Å². The minimum Gasteiger partial charge on any atom is -0.367 e. The maximum atomic E-state index is 12.3. The number of aromatic nitrogens is 2. The molecule has 0 fully saturated rings. The topological polar surface area (TPSA) is 56.1 Å². The highest BCUT2D eigenvalue weighted by Crippen LogP contribution is 2.16. The summed E-state index contributed by atoms with van der Waals surface area (Å²) in [5.74, 6) is -0.248. The highest BCUT2D eigenvalue weighted by molar-refractivity contribution is 5.93. The lowest BCUT2D eigenvalue weighted by Crippen LogP contribution is -2.22. The number of nitrogens with zero attached hydrogens (tertiary/aromatic N) is 2. The van der Waals surface area contributed by atoms with Gasteiger partial charge in [0.2, 0.25) is 0 Å². The third-order valence-electron chi connectivity index (χ3n) is 4.09. The van der Waals surface area contributed by atoms with Crippen molar-refractivity contribution in [3.63, 3.8) is 0 Å². The molecule has 3 rings (SSSR count). The number of benzene rings is 2. The van der Waals surface area contributed by atoms with Crippen molar-refractivity contribution < 1.29 is 22.7 Å². The summed E-state index contributed by atoms with van der Waals surface area (Å²) in [6.07, 6.45) is -1.14. The fraction of sp³-hybridized carbons (Fsp3) is 0.238. The van der Waals surface area contributed by atoms with Crippen LogP contribution < -0.4 is 5.32 Å². The molecule has 1 aromatic heterocycles. The van der Waals surface area contributed by atoms with E-state index in [4.69, 9.17) is 0 Å². The molecule has 0 aliphatic heterocycles. The maximum absolute atomic E-state index is 12.3. The van der Waals surface area contributed by atoms with Gasteiger partial charge < -0.3 is 10.1 Å². The van der Waals surface area contributed by atoms with Crippen LogP contribution in [0.1, 0.15) is 27.0 Å². The molecule has 3 aromatic rings. The molecule has 0 saturated heterocycles. The third kappa shape index (κ3) is 6.76. The molecule has 29 heavy (non-hydrogen) atoms. The number of hydrogen-bond acceptors (Lipinski definition) is 3. The Morgan fingerprint density at radius 1 is 1.00 bits per heavy atom. The molecule has 5 nitrogen and oxygen atoms in total.